The number of amides is 1. The van der Waals surface area contributed by atoms with Crippen LogP contribution in [0.3, 0.4) is 0 Å². The molecule has 1 amide bonds. The Kier molecular flexibility index (Phi) is 3.18. The molecule has 4 N–H and O–H groups in total. The number of nitrogens with one attached hydrogen (secondary N) is 1. The number of piperidine rings is 1. The highest BCUT2D eigenvalue weighted by Crippen LogP contribution is 2.42. The number of carbonyl (C=O) groups excluding carboxylic acids is 1. The largest absolute Gasteiger partial charge is 0.396 e. The zero-order chi connectivity index (χ0) is 13.4. The van der Waals surface area contributed by atoms with E-state index in [1.165, 1.54) is 0 Å². The van der Waals surface area contributed by atoms with Crippen LogP contribution in [-0.4, -0.2) is 45.8 Å². The Morgan fingerprint density at radius 2 is 2.26 bits per heavy atom. The molecule has 1 aliphatic heterocycles. The molecule has 0 aromatic carbocycles. The molecular weight excluding hydrogens is 244 g/mol. The average Bonchev–Trinajstić information content (AvgIpc) is 3.21. The van der Waals surface area contributed by atoms with Gasteiger partial charge in [0.2, 0.25) is 0 Å². The Hall–Kier alpha value is -1.56. The van der Waals surface area contributed by atoms with Gasteiger partial charge in [0, 0.05) is 25.6 Å². The molecule has 1 saturated heterocycles. The molecule has 1 aromatic rings. The van der Waals surface area contributed by atoms with Gasteiger partial charge in [0.25, 0.3) is 5.91 Å². The first-order chi connectivity index (χ1) is 9.20. The van der Waals surface area contributed by atoms with Gasteiger partial charge < -0.3 is 15.7 Å². The van der Waals surface area contributed by atoms with Crippen molar-refractivity contribution >= 4 is 11.6 Å². The molecule has 19 heavy (non-hydrogen) atoms. The fraction of sp³-hybridized carbons (Fsp3) is 0.692. The van der Waals surface area contributed by atoms with Crippen LogP contribution in [0, 0.1) is 5.92 Å². The molecule has 1 unspecified atom stereocenters. The Morgan fingerprint density at radius 1 is 1.47 bits per heavy atom. The molecule has 1 aromatic heterocycles. The average molecular weight is 264 g/mol. The van der Waals surface area contributed by atoms with Crippen LogP contribution in [0.5, 0.6) is 0 Å². The van der Waals surface area contributed by atoms with Gasteiger partial charge >= 0.3 is 0 Å². The first-order valence-corrected chi connectivity index (χ1v) is 6.94. The normalized spacial score (nSPS) is 23.6. The van der Waals surface area contributed by atoms with E-state index in [4.69, 9.17) is 5.73 Å². The van der Waals surface area contributed by atoms with E-state index in [1.54, 1.807) is 4.90 Å². The van der Waals surface area contributed by atoms with Gasteiger partial charge in [-0.1, -0.05) is 0 Å². The maximum absolute atomic E-state index is 12.4. The van der Waals surface area contributed by atoms with Crippen molar-refractivity contribution in [3.8, 4) is 0 Å². The van der Waals surface area contributed by atoms with Gasteiger partial charge in [-0.05, 0) is 31.6 Å². The molecule has 6 heteroatoms. The summed E-state index contributed by atoms with van der Waals surface area (Å²) in [5, 5.41) is 16.2. The number of aromatic nitrogens is 2. The van der Waals surface area contributed by atoms with E-state index in [9.17, 15) is 9.90 Å². The number of nitrogen functional groups attached to an aromatic ring is 1. The van der Waals surface area contributed by atoms with Crippen LogP contribution in [0.15, 0.2) is 0 Å². The second kappa shape index (κ2) is 4.85. The summed E-state index contributed by atoms with van der Waals surface area (Å²) in [5.41, 5.74) is 7.80. The lowest BCUT2D eigenvalue weighted by Gasteiger charge is -2.31. The molecule has 1 aliphatic carbocycles. The number of aliphatic hydroxyl groups excluding tert-OH is 1. The van der Waals surface area contributed by atoms with Crippen LogP contribution < -0.4 is 5.73 Å². The summed E-state index contributed by atoms with van der Waals surface area (Å²) < 4.78 is 0. The molecular formula is C13H20N4O2. The molecule has 3 rings (SSSR count). The third-order valence-corrected chi connectivity index (χ3v) is 4.09. The molecule has 2 heterocycles. The highest BCUT2D eigenvalue weighted by molar-refractivity contribution is 5.97. The Balaban J connectivity index is 1.75. The Bertz CT molecular complexity index is 481. The molecule has 2 fully saturated rings. The number of H-pyrrole nitrogens is 1. The molecule has 6 nitrogen and oxygen atoms in total. The zero-order valence-corrected chi connectivity index (χ0v) is 10.9. The molecule has 104 valence electrons. The first-order valence-electron chi connectivity index (χ1n) is 6.94. The topological polar surface area (TPSA) is 95.2 Å². The molecule has 0 radical (unpaired) electrons. The summed E-state index contributed by atoms with van der Waals surface area (Å²) in [5.74, 6) is 0.528. The highest BCUT2D eigenvalue weighted by Gasteiger charge is 2.32. The number of nitrogens with two attached hydrogens (primary N) is 1. The number of likely N-dealkylation sites (tertiary alicyclic amines) is 1. The van der Waals surface area contributed by atoms with Crippen LogP contribution >= 0.6 is 0 Å². The van der Waals surface area contributed by atoms with E-state index in [0.717, 1.165) is 37.9 Å². The van der Waals surface area contributed by atoms with E-state index < -0.39 is 0 Å². The standard InChI is InChI=1S/C13H20N4O2/c14-10-11(9-3-4-9)15-16-12(10)13(19)17-5-1-2-8(6-17)7-18/h8-9,18H,1-7,14H2,(H,15,16). The van der Waals surface area contributed by atoms with Crippen LogP contribution in [-0.2, 0) is 0 Å². The predicted molar refractivity (Wildman–Crippen MR) is 70.7 cm³/mol. The predicted octanol–water partition coefficient (Wildman–Crippen LogP) is 0.714. The van der Waals surface area contributed by atoms with Gasteiger partial charge in [-0.15, -0.1) is 0 Å². The van der Waals surface area contributed by atoms with Crippen molar-refractivity contribution in [2.45, 2.75) is 31.6 Å². The van der Waals surface area contributed by atoms with Gasteiger partial charge in [-0.2, -0.15) is 5.10 Å². The van der Waals surface area contributed by atoms with Crippen LogP contribution in [0.4, 0.5) is 5.69 Å². The number of aromatic amines is 1. The van der Waals surface area contributed by atoms with Crippen molar-refractivity contribution in [3.63, 3.8) is 0 Å². The summed E-state index contributed by atoms with van der Waals surface area (Å²) in [6, 6.07) is 0. The molecule has 1 atom stereocenters. The summed E-state index contributed by atoms with van der Waals surface area (Å²) in [6.45, 7) is 1.45. The number of nitrogens with zero attached hydrogens (tertiary/aromatic N) is 2. The van der Waals surface area contributed by atoms with Gasteiger partial charge in [-0.25, -0.2) is 0 Å². The minimum absolute atomic E-state index is 0.112. The molecule has 0 spiro atoms. The molecule has 1 saturated carbocycles. The van der Waals surface area contributed by atoms with E-state index in [-0.39, 0.29) is 18.4 Å². The second-order valence-electron chi connectivity index (χ2n) is 5.62. The number of anilines is 1. The van der Waals surface area contributed by atoms with Crippen molar-refractivity contribution in [1.29, 1.82) is 0 Å². The van der Waals surface area contributed by atoms with Crippen molar-refractivity contribution in [2.24, 2.45) is 5.92 Å². The van der Waals surface area contributed by atoms with Gasteiger partial charge in [0.1, 0.15) is 0 Å². The van der Waals surface area contributed by atoms with Crippen LogP contribution in [0.25, 0.3) is 0 Å². The minimum atomic E-state index is -0.112. The lowest BCUT2D eigenvalue weighted by atomic mass is 9.99. The lowest BCUT2D eigenvalue weighted by molar-refractivity contribution is 0.0616. The molecule has 0 bridgehead atoms. The van der Waals surface area contributed by atoms with E-state index >= 15 is 0 Å². The van der Waals surface area contributed by atoms with Crippen molar-refractivity contribution < 1.29 is 9.90 Å². The van der Waals surface area contributed by atoms with Crippen LogP contribution in [0.2, 0.25) is 0 Å². The summed E-state index contributed by atoms with van der Waals surface area (Å²) in [4.78, 5) is 14.2. The highest BCUT2D eigenvalue weighted by atomic mass is 16.3. The summed E-state index contributed by atoms with van der Waals surface area (Å²) in [6.07, 6.45) is 4.15. The maximum Gasteiger partial charge on any atom is 0.276 e. The van der Waals surface area contributed by atoms with Crippen molar-refractivity contribution in [2.75, 3.05) is 25.4 Å². The van der Waals surface area contributed by atoms with Crippen molar-refractivity contribution in [1.82, 2.24) is 15.1 Å². The fourth-order valence-electron chi connectivity index (χ4n) is 2.76. The van der Waals surface area contributed by atoms with E-state index in [2.05, 4.69) is 10.2 Å². The smallest absolute Gasteiger partial charge is 0.276 e. The Labute approximate surface area is 112 Å². The lowest BCUT2D eigenvalue weighted by Crippen LogP contribution is -2.41. The SMILES string of the molecule is Nc1c(C(=O)N2CCCC(CO)C2)n[nH]c1C1CC1. The number of rotatable bonds is 3. The number of hydrogen-bond acceptors (Lipinski definition) is 4. The quantitative estimate of drug-likeness (QED) is 0.749. The Morgan fingerprint density at radius 3 is 2.95 bits per heavy atom. The first kappa shape index (κ1) is 12.5. The van der Waals surface area contributed by atoms with E-state index in [0.29, 0.717) is 23.8 Å². The van der Waals surface area contributed by atoms with Crippen molar-refractivity contribution in [3.05, 3.63) is 11.4 Å². The third kappa shape index (κ3) is 2.32. The second-order valence-corrected chi connectivity index (χ2v) is 5.62. The third-order valence-electron chi connectivity index (χ3n) is 4.09. The summed E-state index contributed by atoms with van der Waals surface area (Å²) >= 11 is 0. The number of hydrogen-bond donors (Lipinski definition) is 3. The van der Waals surface area contributed by atoms with Gasteiger partial charge in [-0.3, -0.25) is 9.89 Å². The minimum Gasteiger partial charge on any atom is -0.396 e. The summed E-state index contributed by atoms with van der Waals surface area (Å²) in [7, 11) is 0. The number of aliphatic hydroxyl groups is 1. The van der Waals surface area contributed by atoms with Crippen LogP contribution in [0.1, 0.15) is 47.8 Å². The number of carbonyl (C=O) groups is 1. The zero-order valence-electron chi connectivity index (χ0n) is 10.9. The van der Waals surface area contributed by atoms with Gasteiger partial charge in [0.15, 0.2) is 5.69 Å². The van der Waals surface area contributed by atoms with E-state index in [1.807, 2.05) is 0 Å². The fourth-order valence-corrected chi connectivity index (χ4v) is 2.76. The monoisotopic (exact) mass is 264 g/mol. The van der Waals surface area contributed by atoms with Gasteiger partial charge in [0.05, 0.1) is 11.4 Å². The maximum atomic E-state index is 12.4. The molecule has 2 aliphatic rings.